The van der Waals surface area contributed by atoms with Crippen molar-refractivity contribution in [1.82, 2.24) is 10.6 Å². The molecule has 0 aromatic heterocycles. The van der Waals surface area contributed by atoms with Crippen LogP contribution in [0.5, 0.6) is 0 Å². The Bertz CT molecular complexity index is 483. The molecule has 1 aromatic rings. The maximum absolute atomic E-state index is 12.0. The summed E-state index contributed by atoms with van der Waals surface area (Å²) in [5, 5.41) is 5.34. The van der Waals surface area contributed by atoms with Crippen molar-refractivity contribution in [2.75, 3.05) is 6.61 Å². The molecule has 0 aliphatic rings. The van der Waals surface area contributed by atoms with E-state index in [4.69, 9.17) is 11.6 Å². The van der Waals surface area contributed by atoms with Crippen LogP contribution in [0.3, 0.4) is 0 Å². The van der Waals surface area contributed by atoms with E-state index in [-0.39, 0.29) is 6.54 Å². The third-order valence-corrected chi connectivity index (χ3v) is 2.71. The van der Waals surface area contributed by atoms with Gasteiger partial charge in [0.25, 0.3) is 0 Å². The molecule has 0 bridgehead atoms. The highest BCUT2D eigenvalue weighted by molar-refractivity contribution is 6.30. The van der Waals surface area contributed by atoms with Crippen molar-refractivity contribution in [2.24, 2.45) is 0 Å². The predicted octanol–water partition coefficient (Wildman–Crippen LogP) is 1.70. The second-order valence-electron chi connectivity index (χ2n) is 4.19. The molecule has 5 nitrogen and oxygen atoms in total. The van der Waals surface area contributed by atoms with Crippen molar-refractivity contribution in [1.29, 1.82) is 0 Å². The first kappa shape index (κ1) is 17.3. The molecular formula is C13H15ClF2N2O3. The van der Waals surface area contributed by atoms with E-state index in [1.807, 2.05) is 0 Å². The molecule has 0 aliphatic heterocycles. The van der Waals surface area contributed by atoms with Crippen molar-refractivity contribution in [2.45, 2.75) is 26.1 Å². The Hall–Kier alpha value is -1.73. The fourth-order valence-electron chi connectivity index (χ4n) is 1.51. The predicted molar refractivity (Wildman–Crippen MR) is 72.9 cm³/mol. The lowest BCUT2D eigenvalue weighted by Gasteiger charge is -2.17. The first-order chi connectivity index (χ1) is 9.88. The van der Waals surface area contributed by atoms with Gasteiger partial charge < -0.3 is 15.4 Å². The molecule has 1 rings (SSSR count). The maximum atomic E-state index is 12.0. The van der Waals surface area contributed by atoms with Crippen molar-refractivity contribution >= 4 is 23.4 Å². The lowest BCUT2D eigenvalue weighted by molar-refractivity contribution is -0.146. The van der Waals surface area contributed by atoms with E-state index < -0.39 is 31.1 Å². The molecular weight excluding hydrogens is 306 g/mol. The van der Waals surface area contributed by atoms with E-state index >= 15 is 0 Å². The summed E-state index contributed by atoms with van der Waals surface area (Å²) in [6.45, 7) is -2.25. The van der Waals surface area contributed by atoms with E-state index in [2.05, 4.69) is 15.4 Å². The summed E-state index contributed by atoms with van der Waals surface area (Å²) in [6, 6.07) is 5.57. The molecule has 0 heterocycles. The number of nitrogens with one attached hydrogen (secondary N) is 2. The van der Waals surface area contributed by atoms with Crippen molar-refractivity contribution < 1.29 is 23.1 Å². The van der Waals surface area contributed by atoms with Crippen LogP contribution in [0, 0.1) is 0 Å². The Morgan fingerprint density at radius 1 is 1.29 bits per heavy atom. The summed E-state index contributed by atoms with van der Waals surface area (Å²) in [7, 11) is 0. The summed E-state index contributed by atoms with van der Waals surface area (Å²) in [5.74, 6) is -1.12. The van der Waals surface area contributed by atoms with E-state index in [1.165, 1.54) is 6.92 Å². The smallest absolute Gasteiger partial charge is 0.345 e. The van der Waals surface area contributed by atoms with Crippen LogP contribution < -0.4 is 10.6 Å². The van der Waals surface area contributed by atoms with Gasteiger partial charge in [-0.15, -0.1) is 0 Å². The Morgan fingerprint density at radius 2 is 1.90 bits per heavy atom. The molecule has 0 saturated carbocycles. The van der Waals surface area contributed by atoms with Crippen LogP contribution in [0.2, 0.25) is 5.02 Å². The van der Waals surface area contributed by atoms with Gasteiger partial charge >= 0.3 is 6.61 Å². The Labute approximate surface area is 125 Å². The van der Waals surface area contributed by atoms with Gasteiger partial charge in [-0.3, -0.25) is 9.59 Å². The summed E-state index contributed by atoms with van der Waals surface area (Å²) < 4.78 is 28.1. The average molecular weight is 321 g/mol. The normalized spacial score (nSPS) is 12.0. The molecule has 0 saturated heterocycles. The van der Waals surface area contributed by atoms with Crippen LogP contribution in [-0.4, -0.2) is 31.1 Å². The third kappa shape index (κ3) is 7.01. The van der Waals surface area contributed by atoms with E-state index in [0.29, 0.717) is 5.02 Å². The molecule has 1 atom stereocenters. The monoisotopic (exact) mass is 320 g/mol. The van der Waals surface area contributed by atoms with Gasteiger partial charge in [0.15, 0.2) is 0 Å². The van der Waals surface area contributed by atoms with Crippen molar-refractivity contribution in [3.8, 4) is 0 Å². The number of ether oxygens (including phenoxy) is 1. The zero-order valence-electron chi connectivity index (χ0n) is 11.2. The number of alkyl halides is 2. The van der Waals surface area contributed by atoms with Gasteiger partial charge in [-0.05, 0) is 17.7 Å². The van der Waals surface area contributed by atoms with Crippen LogP contribution in [-0.2, 0) is 20.9 Å². The summed E-state index contributed by atoms with van der Waals surface area (Å²) in [5.41, 5.74) is 0.782. The minimum atomic E-state index is -3.01. The molecule has 2 N–H and O–H groups in total. The van der Waals surface area contributed by atoms with Crippen LogP contribution in [0.25, 0.3) is 0 Å². The largest absolute Gasteiger partial charge is 0.350 e. The molecule has 2 amide bonds. The van der Waals surface area contributed by atoms with E-state index in [0.717, 1.165) is 5.56 Å². The molecule has 1 aromatic carbocycles. The number of rotatable bonds is 7. The number of carbonyl (C=O) groups excluding carboxylic acids is 2. The molecule has 0 aliphatic carbocycles. The van der Waals surface area contributed by atoms with E-state index in [1.54, 1.807) is 24.3 Å². The number of hydrogen-bond donors (Lipinski definition) is 2. The highest BCUT2D eigenvalue weighted by Crippen LogP contribution is 2.09. The van der Waals surface area contributed by atoms with Crippen LogP contribution in [0.4, 0.5) is 8.78 Å². The SMILES string of the molecule is CC(=O)N[C@H](COC(F)F)C(=O)NCc1ccc(Cl)cc1. The Morgan fingerprint density at radius 3 is 2.43 bits per heavy atom. The van der Waals surface area contributed by atoms with Crippen LogP contribution >= 0.6 is 11.6 Å². The first-order valence-corrected chi connectivity index (χ1v) is 6.45. The van der Waals surface area contributed by atoms with Crippen molar-refractivity contribution in [3.63, 3.8) is 0 Å². The molecule has 0 fully saturated rings. The Kier molecular flexibility index (Phi) is 7.04. The number of halogens is 3. The van der Waals surface area contributed by atoms with Gasteiger partial charge in [-0.25, -0.2) is 0 Å². The maximum Gasteiger partial charge on any atom is 0.345 e. The second kappa shape index (κ2) is 8.53. The molecule has 116 valence electrons. The highest BCUT2D eigenvalue weighted by atomic mass is 35.5. The summed E-state index contributed by atoms with van der Waals surface area (Å²) >= 11 is 5.73. The lowest BCUT2D eigenvalue weighted by Crippen LogP contribution is -2.48. The Balaban J connectivity index is 2.54. The van der Waals surface area contributed by atoms with Gasteiger partial charge in [-0.1, -0.05) is 23.7 Å². The van der Waals surface area contributed by atoms with Crippen LogP contribution in [0.1, 0.15) is 12.5 Å². The summed E-state index contributed by atoms with van der Waals surface area (Å²) in [6.07, 6.45) is 0. The molecule has 0 unspecified atom stereocenters. The number of benzene rings is 1. The van der Waals surface area contributed by atoms with Gasteiger partial charge in [0.05, 0.1) is 6.61 Å². The van der Waals surface area contributed by atoms with Gasteiger partial charge in [-0.2, -0.15) is 8.78 Å². The molecule has 0 radical (unpaired) electrons. The molecule has 21 heavy (non-hydrogen) atoms. The standard InChI is InChI=1S/C13H15ClF2N2O3/c1-8(19)18-11(7-21-13(15)16)12(20)17-6-9-2-4-10(14)5-3-9/h2-5,11,13H,6-7H2,1H3,(H,17,20)(H,18,19)/t11-/m1/s1. The molecule has 8 heteroatoms. The quantitative estimate of drug-likeness (QED) is 0.803. The topological polar surface area (TPSA) is 67.4 Å². The number of hydrogen-bond acceptors (Lipinski definition) is 3. The summed E-state index contributed by atoms with van der Waals surface area (Å²) in [4.78, 5) is 22.8. The molecule has 0 spiro atoms. The van der Waals surface area contributed by atoms with Gasteiger partial charge in [0, 0.05) is 18.5 Å². The fraction of sp³-hybridized carbons (Fsp3) is 0.385. The first-order valence-electron chi connectivity index (χ1n) is 6.07. The van der Waals surface area contributed by atoms with Crippen molar-refractivity contribution in [3.05, 3.63) is 34.9 Å². The van der Waals surface area contributed by atoms with Crippen LogP contribution in [0.15, 0.2) is 24.3 Å². The fourth-order valence-corrected chi connectivity index (χ4v) is 1.64. The second-order valence-corrected chi connectivity index (χ2v) is 4.63. The zero-order chi connectivity index (χ0) is 15.8. The average Bonchev–Trinajstić information content (AvgIpc) is 2.42. The number of carbonyl (C=O) groups is 2. The zero-order valence-corrected chi connectivity index (χ0v) is 12.0. The van der Waals surface area contributed by atoms with E-state index in [9.17, 15) is 18.4 Å². The van der Waals surface area contributed by atoms with Gasteiger partial charge in [0.2, 0.25) is 11.8 Å². The number of amides is 2. The highest BCUT2D eigenvalue weighted by Gasteiger charge is 2.21. The minimum Gasteiger partial charge on any atom is -0.350 e. The third-order valence-electron chi connectivity index (χ3n) is 2.46. The minimum absolute atomic E-state index is 0.181. The van der Waals surface area contributed by atoms with Gasteiger partial charge in [0.1, 0.15) is 6.04 Å². The lowest BCUT2D eigenvalue weighted by atomic mass is 10.2.